The Morgan fingerprint density at radius 2 is 1.96 bits per heavy atom. The van der Waals surface area contributed by atoms with Gasteiger partial charge in [-0.3, -0.25) is 14.9 Å². The zero-order valence-electron chi connectivity index (χ0n) is 12.3. The van der Waals surface area contributed by atoms with Crippen LogP contribution in [0, 0.1) is 13.7 Å². The summed E-state index contributed by atoms with van der Waals surface area (Å²) in [7, 11) is 1.45. The third-order valence-electron chi connectivity index (χ3n) is 3.36. The number of methoxy groups -OCH3 is 1. The maximum absolute atomic E-state index is 12.3. The van der Waals surface area contributed by atoms with E-state index in [-0.39, 0.29) is 23.6 Å². The second-order valence-corrected chi connectivity index (χ2v) is 6.01. The standard InChI is InChI=1S/C16H14INO5/c1-23-16-9-13(17)12(8-15(16)20)14(19)7-4-10-2-5-11(6-3-10)18(21)22/h2-3,5-6,8-9,20H,4,7H2,1H3. The van der Waals surface area contributed by atoms with Crippen LogP contribution in [0.4, 0.5) is 5.69 Å². The highest BCUT2D eigenvalue weighted by atomic mass is 127. The number of rotatable bonds is 6. The van der Waals surface area contributed by atoms with Gasteiger partial charge in [0.2, 0.25) is 0 Å². The van der Waals surface area contributed by atoms with Crippen molar-refractivity contribution in [3.05, 3.63) is 61.2 Å². The quantitative estimate of drug-likeness (QED) is 0.329. The van der Waals surface area contributed by atoms with E-state index in [4.69, 9.17) is 4.74 Å². The molecule has 0 fully saturated rings. The van der Waals surface area contributed by atoms with E-state index in [0.717, 1.165) is 5.56 Å². The van der Waals surface area contributed by atoms with Gasteiger partial charge in [0.25, 0.3) is 5.69 Å². The van der Waals surface area contributed by atoms with E-state index in [1.165, 1.54) is 25.3 Å². The van der Waals surface area contributed by atoms with E-state index in [2.05, 4.69) is 0 Å². The van der Waals surface area contributed by atoms with Crippen LogP contribution in [0.15, 0.2) is 36.4 Å². The summed E-state index contributed by atoms with van der Waals surface area (Å²) in [5.41, 5.74) is 1.30. The molecule has 0 aliphatic carbocycles. The molecule has 23 heavy (non-hydrogen) atoms. The summed E-state index contributed by atoms with van der Waals surface area (Å²) in [6.07, 6.45) is 0.722. The lowest BCUT2D eigenvalue weighted by Crippen LogP contribution is -2.04. The predicted molar refractivity (Wildman–Crippen MR) is 93.1 cm³/mol. The predicted octanol–water partition coefficient (Wildman–Crippen LogP) is 3.73. The molecule has 0 spiro atoms. The van der Waals surface area contributed by atoms with Crippen LogP contribution in [0.1, 0.15) is 22.3 Å². The molecule has 0 unspecified atom stereocenters. The summed E-state index contributed by atoms with van der Waals surface area (Å²) in [6, 6.07) is 9.13. The first kappa shape index (κ1) is 17.2. The van der Waals surface area contributed by atoms with Crippen LogP contribution < -0.4 is 4.74 Å². The molecule has 1 N–H and O–H groups in total. The Bertz CT molecular complexity index is 743. The average Bonchev–Trinajstić information content (AvgIpc) is 2.54. The molecule has 0 radical (unpaired) electrons. The highest BCUT2D eigenvalue weighted by Gasteiger charge is 2.15. The van der Waals surface area contributed by atoms with Crippen LogP contribution >= 0.6 is 22.6 Å². The molecular weight excluding hydrogens is 413 g/mol. The molecule has 0 heterocycles. The molecule has 0 aromatic heterocycles. The summed E-state index contributed by atoms with van der Waals surface area (Å²) in [5.74, 6) is 0.138. The molecule has 0 saturated heterocycles. The van der Waals surface area contributed by atoms with Gasteiger partial charge in [-0.25, -0.2) is 0 Å². The van der Waals surface area contributed by atoms with Gasteiger partial charge in [0.1, 0.15) is 0 Å². The normalized spacial score (nSPS) is 10.3. The lowest BCUT2D eigenvalue weighted by molar-refractivity contribution is -0.384. The maximum atomic E-state index is 12.3. The Balaban J connectivity index is 2.07. The number of ether oxygens (including phenoxy) is 1. The summed E-state index contributed by atoms with van der Waals surface area (Å²) >= 11 is 2.02. The van der Waals surface area contributed by atoms with Crippen molar-refractivity contribution >= 4 is 34.1 Å². The molecule has 0 amide bonds. The molecule has 0 aliphatic rings. The number of nitro groups is 1. The molecule has 7 heteroatoms. The highest BCUT2D eigenvalue weighted by molar-refractivity contribution is 14.1. The van der Waals surface area contributed by atoms with E-state index >= 15 is 0 Å². The van der Waals surface area contributed by atoms with E-state index in [1.54, 1.807) is 18.2 Å². The molecule has 120 valence electrons. The Labute approximate surface area is 146 Å². The largest absolute Gasteiger partial charge is 0.504 e. The third-order valence-corrected chi connectivity index (χ3v) is 4.25. The molecule has 0 aliphatic heterocycles. The molecule has 2 aromatic rings. The van der Waals surface area contributed by atoms with Crippen LogP contribution in [-0.4, -0.2) is 22.9 Å². The number of halogens is 1. The third kappa shape index (κ3) is 4.19. The number of carbonyl (C=O) groups excluding carboxylic acids is 1. The molecule has 6 nitrogen and oxygen atoms in total. The fourth-order valence-corrected chi connectivity index (χ4v) is 2.84. The van der Waals surface area contributed by atoms with Gasteiger partial charge in [0.15, 0.2) is 17.3 Å². The van der Waals surface area contributed by atoms with Crippen LogP contribution in [0.5, 0.6) is 11.5 Å². The van der Waals surface area contributed by atoms with E-state index in [1.807, 2.05) is 22.6 Å². The zero-order chi connectivity index (χ0) is 17.0. The van der Waals surface area contributed by atoms with Crippen molar-refractivity contribution in [3.8, 4) is 11.5 Å². The minimum atomic E-state index is -0.461. The fraction of sp³-hybridized carbons (Fsp3) is 0.188. The number of carbonyl (C=O) groups is 1. The number of aromatic hydroxyl groups is 1. The van der Waals surface area contributed by atoms with Crippen molar-refractivity contribution < 1.29 is 19.6 Å². The van der Waals surface area contributed by atoms with Crippen LogP contribution in [0.25, 0.3) is 0 Å². The highest BCUT2D eigenvalue weighted by Crippen LogP contribution is 2.31. The number of hydrogen-bond acceptors (Lipinski definition) is 5. The molecule has 0 atom stereocenters. The Morgan fingerprint density at radius 3 is 2.52 bits per heavy atom. The Kier molecular flexibility index (Phi) is 5.54. The number of phenols is 1. The summed E-state index contributed by atoms with van der Waals surface area (Å²) in [4.78, 5) is 22.4. The van der Waals surface area contributed by atoms with E-state index in [9.17, 15) is 20.0 Å². The lowest BCUT2D eigenvalue weighted by Gasteiger charge is -2.08. The Hall–Kier alpha value is -2.16. The van der Waals surface area contributed by atoms with Crippen molar-refractivity contribution in [3.63, 3.8) is 0 Å². The van der Waals surface area contributed by atoms with Gasteiger partial charge in [-0.05, 0) is 46.7 Å². The summed E-state index contributed by atoms with van der Waals surface area (Å²) < 4.78 is 5.70. The number of non-ortho nitro benzene ring substituents is 1. The minimum Gasteiger partial charge on any atom is -0.504 e. The van der Waals surface area contributed by atoms with Gasteiger partial charge in [-0.1, -0.05) is 12.1 Å². The van der Waals surface area contributed by atoms with Crippen molar-refractivity contribution in [2.75, 3.05) is 7.11 Å². The molecule has 2 rings (SSSR count). The molecule has 2 aromatic carbocycles. The smallest absolute Gasteiger partial charge is 0.269 e. The number of Topliss-reactive ketones (excluding diaryl/α,β-unsaturated/α-hetero) is 1. The first-order chi connectivity index (χ1) is 10.9. The van der Waals surface area contributed by atoms with Crippen LogP contribution in [0.2, 0.25) is 0 Å². The first-order valence-electron chi connectivity index (χ1n) is 6.75. The number of aryl methyl sites for hydroxylation is 1. The number of ketones is 1. The number of hydrogen-bond donors (Lipinski definition) is 1. The van der Waals surface area contributed by atoms with E-state index < -0.39 is 4.92 Å². The maximum Gasteiger partial charge on any atom is 0.269 e. The van der Waals surface area contributed by atoms with Gasteiger partial charge in [0, 0.05) is 27.7 Å². The average molecular weight is 427 g/mol. The van der Waals surface area contributed by atoms with Gasteiger partial charge < -0.3 is 9.84 Å². The number of benzene rings is 2. The first-order valence-corrected chi connectivity index (χ1v) is 7.83. The van der Waals surface area contributed by atoms with Crippen LogP contribution in [-0.2, 0) is 6.42 Å². The lowest BCUT2D eigenvalue weighted by atomic mass is 10.0. The summed E-state index contributed by atoms with van der Waals surface area (Å²) in [6.45, 7) is 0. The molecule has 0 saturated carbocycles. The number of nitrogens with zero attached hydrogens (tertiary/aromatic N) is 1. The topological polar surface area (TPSA) is 89.7 Å². The van der Waals surface area contributed by atoms with Gasteiger partial charge >= 0.3 is 0 Å². The monoisotopic (exact) mass is 427 g/mol. The van der Waals surface area contributed by atoms with Crippen molar-refractivity contribution in [2.45, 2.75) is 12.8 Å². The van der Waals surface area contributed by atoms with Crippen molar-refractivity contribution in [1.29, 1.82) is 0 Å². The fourth-order valence-electron chi connectivity index (χ4n) is 2.10. The van der Waals surface area contributed by atoms with Crippen molar-refractivity contribution in [1.82, 2.24) is 0 Å². The SMILES string of the molecule is COc1cc(I)c(C(=O)CCc2ccc([N+](=O)[O-])cc2)cc1O. The van der Waals surface area contributed by atoms with Gasteiger partial charge in [-0.15, -0.1) is 0 Å². The number of phenolic OH excluding ortho intramolecular Hbond substituents is 1. The molecular formula is C16H14INO5. The van der Waals surface area contributed by atoms with Crippen molar-refractivity contribution in [2.24, 2.45) is 0 Å². The number of nitro benzene ring substituents is 1. The van der Waals surface area contributed by atoms with E-state index in [0.29, 0.717) is 21.3 Å². The summed E-state index contributed by atoms with van der Waals surface area (Å²) in [5, 5.41) is 20.4. The zero-order valence-corrected chi connectivity index (χ0v) is 14.4. The van der Waals surface area contributed by atoms with Crippen LogP contribution in [0.3, 0.4) is 0 Å². The van der Waals surface area contributed by atoms with Gasteiger partial charge in [0.05, 0.1) is 12.0 Å². The second kappa shape index (κ2) is 7.40. The second-order valence-electron chi connectivity index (χ2n) is 4.85. The minimum absolute atomic E-state index is 0.0229. The van der Waals surface area contributed by atoms with Gasteiger partial charge in [-0.2, -0.15) is 0 Å². The molecule has 0 bridgehead atoms. The Morgan fingerprint density at radius 1 is 1.30 bits per heavy atom.